The average molecular weight is 352 g/mol. The van der Waals surface area contributed by atoms with Crippen molar-refractivity contribution in [2.24, 2.45) is 5.10 Å². The molecule has 0 atom stereocenters. The van der Waals surface area contributed by atoms with Gasteiger partial charge in [-0.2, -0.15) is 5.10 Å². The quantitative estimate of drug-likeness (QED) is 0.727. The lowest BCUT2D eigenvalue weighted by atomic mass is 9.83. The van der Waals surface area contributed by atoms with Gasteiger partial charge in [-0.15, -0.1) is 11.3 Å². The smallest absolute Gasteiger partial charge is 0.246 e. The zero-order chi connectivity index (χ0) is 17.1. The number of hydrogen-bond acceptors (Lipinski definition) is 4. The van der Waals surface area contributed by atoms with Crippen LogP contribution in [-0.2, 0) is 11.2 Å². The number of fused-ring (bicyclic) bond motifs is 1. The van der Waals surface area contributed by atoms with Crippen molar-refractivity contribution < 1.29 is 4.79 Å². The molecule has 25 heavy (non-hydrogen) atoms. The van der Waals surface area contributed by atoms with E-state index in [0.29, 0.717) is 5.92 Å². The molecule has 128 valence electrons. The molecule has 6 heteroatoms. The first-order valence-corrected chi connectivity index (χ1v) is 9.46. The third-order valence-electron chi connectivity index (χ3n) is 4.66. The summed E-state index contributed by atoms with van der Waals surface area (Å²) < 4.78 is 1.93. The summed E-state index contributed by atoms with van der Waals surface area (Å²) in [6, 6.07) is 10.6. The van der Waals surface area contributed by atoms with E-state index in [1.54, 1.807) is 11.3 Å². The lowest BCUT2D eigenvalue weighted by Gasteiger charge is -2.23. The molecule has 3 aromatic rings. The van der Waals surface area contributed by atoms with Crippen LogP contribution in [0.3, 0.4) is 0 Å². The van der Waals surface area contributed by atoms with Crippen molar-refractivity contribution >= 4 is 27.9 Å². The summed E-state index contributed by atoms with van der Waals surface area (Å²) in [7, 11) is 0. The topological polar surface area (TPSA) is 58.8 Å². The Hall–Kier alpha value is -2.47. The van der Waals surface area contributed by atoms with E-state index in [9.17, 15) is 4.79 Å². The van der Waals surface area contributed by atoms with Crippen LogP contribution in [0.4, 0.5) is 0 Å². The molecule has 4 rings (SSSR count). The van der Waals surface area contributed by atoms with Crippen molar-refractivity contribution in [3.63, 3.8) is 0 Å². The Morgan fingerprint density at radius 2 is 2.08 bits per heavy atom. The summed E-state index contributed by atoms with van der Waals surface area (Å²) >= 11 is 1.56. The van der Waals surface area contributed by atoms with E-state index in [2.05, 4.69) is 45.8 Å². The van der Waals surface area contributed by atoms with Crippen LogP contribution in [-0.4, -0.2) is 21.0 Å². The SMILES string of the molecule is O=C(Cc1cn2ccsc2n1)NN=C1CCC(c2ccccc2)CC1. The fourth-order valence-electron chi connectivity index (χ4n) is 3.33. The van der Waals surface area contributed by atoms with Crippen molar-refractivity contribution in [3.05, 3.63) is 59.4 Å². The molecule has 1 aliphatic rings. The molecule has 1 amide bonds. The van der Waals surface area contributed by atoms with Gasteiger partial charge in [0, 0.05) is 23.5 Å². The first kappa shape index (κ1) is 16.0. The number of hydrazone groups is 1. The predicted molar refractivity (Wildman–Crippen MR) is 100 cm³/mol. The van der Waals surface area contributed by atoms with Gasteiger partial charge >= 0.3 is 0 Å². The number of rotatable bonds is 4. The fraction of sp³-hybridized carbons (Fsp3) is 0.316. The number of carbonyl (C=O) groups is 1. The molecule has 0 radical (unpaired) electrons. The van der Waals surface area contributed by atoms with Gasteiger partial charge in [0.1, 0.15) is 0 Å². The largest absolute Gasteiger partial charge is 0.297 e. The second-order valence-corrected chi connectivity index (χ2v) is 7.27. The van der Waals surface area contributed by atoms with E-state index in [0.717, 1.165) is 42.0 Å². The van der Waals surface area contributed by atoms with E-state index in [4.69, 9.17) is 0 Å². The zero-order valence-electron chi connectivity index (χ0n) is 13.9. The lowest BCUT2D eigenvalue weighted by molar-refractivity contribution is -0.120. The second kappa shape index (κ2) is 7.19. The van der Waals surface area contributed by atoms with E-state index in [1.165, 1.54) is 5.56 Å². The van der Waals surface area contributed by atoms with Gasteiger partial charge in [-0.1, -0.05) is 30.3 Å². The normalized spacial score (nSPS) is 17.6. The van der Waals surface area contributed by atoms with E-state index < -0.39 is 0 Å². The molecule has 1 aromatic carbocycles. The number of nitrogens with zero attached hydrogens (tertiary/aromatic N) is 3. The van der Waals surface area contributed by atoms with Crippen LogP contribution < -0.4 is 5.43 Å². The molecular formula is C19H20N4OS. The number of carbonyl (C=O) groups excluding carboxylic acids is 1. The molecular weight excluding hydrogens is 332 g/mol. The van der Waals surface area contributed by atoms with Crippen LogP contribution in [0.1, 0.15) is 42.9 Å². The van der Waals surface area contributed by atoms with Gasteiger partial charge in [0.25, 0.3) is 0 Å². The molecule has 0 spiro atoms. The van der Waals surface area contributed by atoms with Gasteiger partial charge in [0.15, 0.2) is 4.96 Å². The Kier molecular flexibility index (Phi) is 4.61. The summed E-state index contributed by atoms with van der Waals surface area (Å²) in [5, 5.41) is 6.31. The van der Waals surface area contributed by atoms with Crippen LogP contribution >= 0.6 is 11.3 Å². The van der Waals surface area contributed by atoms with Gasteiger partial charge in [-0.3, -0.25) is 9.20 Å². The molecule has 1 N–H and O–H groups in total. The number of nitrogens with one attached hydrogen (secondary N) is 1. The second-order valence-electron chi connectivity index (χ2n) is 6.40. The Morgan fingerprint density at radius 1 is 1.28 bits per heavy atom. The number of benzene rings is 1. The van der Waals surface area contributed by atoms with Gasteiger partial charge in [0.05, 0.1) is 12.1 Å². The number of thiazole rings is 1. The Bertz CT molecular complexity index is 858. The molecule has 1 saturated carbocycles. The monoisotopic (exact) mass is 352 g/mol. The molecule has 0 unspecified atom stereocenters. The van der Waals surface area contributed by atoms with Gasteiger partial charge in [-0.05, 0) is 37.2 Å². The van der Waals surface area contributed by atoms with Crippen molar-refractivity contribution in [2.75, 3.05) is 0 Å². The van der Waals surface area contributed by atoms with Gasteiger partial charge < -0.3 is 0 Å². The van der Waals surface area contributed by atoms with E-state index >= 15 is 0 Å². The average Bonchev–Trinajstić information content (AvgIpc) is 3.23. The highest BCUT2D eigenvalue weighted by molar-refractivity contribution is 7.15. The van der Waals surface area contributed by atoms with Crippen LogP contribution in [0, 0.1) is 0 Å². The molecule has 2 aromatic heterocycles. The molecule has 0 bridgehead atoms. The summed E-state index contributed by atoms with van der Waals surface area (Å²) in [5.74, 6) is 0.498. The van der Waals surface area contributed by atoms with Crippen molar-refractivity contribution in [3.8, 4) is 0 Å². The van der Waals surface area contributed by atoms with Crippen LogP contribution in [0.15, 0.2) is 53.2 Å². The van der Waals surface area contributed by atoms with Gasteiger partial charge in [0.2, 0.25) is 5.91 Å². The first-order valence-electron chi connectivity index (χ1n) is 8.58. The minimum Gasteiger partial charge on any atom is -0.297 e. The van der Waals surface area contributed by atoms with Crippen molar-refractivity contribution in [1.29, 1.82) is 0 Å². The van der Waals surface area contributed by atoms with Crippen molar-refractivity contribution in [1.82, 2.24) is 14.8 Å². The summed E-state index contributed by atoms with van der Waals surface area (Å²) in [5.41, 5.74) is 5.97. The Morgan fingerprint density at radius 3 is 2.84 bits per heavy atom. The third-order valence-corrected chi connectivity index (χ3v) is 5.43. The highest BCUT2D eigenvalue weighted by Crippen LogP contribution is 2.31. The number of amides is 1. The summed E-state index contributed by atoms with van der Waals surface area (Å²) in [4.78, 5) is 17.4. The summed E-state index contributed by atoms with van der Waals surface area (Å²) in [6.07, 6.45) is 8.17. The Labute approximate surface area is 150 Å². The predicted octanol–water partition coefficient (Wildman–Crippen LogP) is 3.77. The van der Waals surface area contributed by atoms with E-state index in [1.807, 2.05) is 22.2 Å². The molecule has 1 fully saturated rings. The van der Waals surface area contributed by atoms with Crippen molar-refractivity contribution in [2.45, 2.75) is 38.0 Å². The Balaban J connectivity index is 1.29. The summed E-state index contributed by atoms with van der Waals surface area (Å²) in [6.45, 7) is 0. The zero-order valence-corrected chi connectivity index (χ0v) is 14.7. The molecule has 0 aliphatic heterocycles. The number of aromatic nitrogens is 2. The standard InChI is InChI=1S/C19H20N4OS/c24-18(12-17-13-23-10-11-25-19(23)20-17)22-21-16-8-6-15(7-9-16)14-4-2-1-3-5-14/h1-5,10-11,13,15H,6-9,12H2,(H,22,24). The highest BCUT2D eigenvalue weighted by Gasteiger charge is 2.19. The van der Waals surface area contributed by atoms with Crippen LogP contribution in [0.2, 0.25) is 0 Å². The first-order chi connectivity index (χ1) is 12.3. The van der Waals surface area contributed by atoms with Crippen LogP contribution in [0.25, 0.3) is 4.96 Å². The third kappa shape index (κ3) is 3.79. The minimum atomic E-state index is -0.108. The number of hydrogen-bond donors (Lipinski definition) is 1. The minimum absolute atomic E-state index is 0.108. The van der Waals surface area contributed by atoms with Crippen LogP contribution in [0.5, 0.6) is 0 Å². The molecule has 1 aliphatic carbocycles. The maximum absolute atomic E-state index is 12.1. The highest BCUT2D eigenvalue weighted by atomic mass is 32.1. The number of imidazole rings is 1. The van der Waals surface area contributed by atoms with Gasteiger partial charge in [-0.25, -0.2) is 10.4 Å². The fourth-order valence-corrected chi connectivity index (χ4v) is 4.05. The lowest BCUT2D eigenvalue weighted by Crippen LogP contribution is -2.23. The molecule has 0 saturated heterocycles. The maximum atomic E-state index is 12.1. The molecule has 2 heterocycles. The van der Waals surface area contributed by atoms with E-state index in [-0.39, 0.29) is 12.3 Å². The molecule has 5 nitrogen and oxygen atoms in total. The maximum Gasteiger partial charge on any atom is 0.246 e.